The van der Waals surface area contributed by atoms with Crippen LogP contribution in [0.5, 0.6) is 0 Å². The molecule has 0 atom stereocenters. The Kier molecular flexibility index (Phi) is 1.19. The van der Waals surface area contributed by atoms with Crippen LogP contribution in [-0.2, 0) is 6.54 Å². The average Bonchev–Trinajstić information content (AvgIpc) is 2.69. The highest BCUT2D eigenvalue weighted by molar-refractivity contribution is 5.02. The normalized spacial score (nSPS) is 17.7. The van der Waals surface area contributed by atoms with Crippen LogP contribution >= 0.6 is 0 Å². The van der Waals surface area contributed by atoms with E-state index >= 15 is 0 Å². The van der Waals surface area contributed by atoms with Crippen LogP contribution in [0, 0.1) is 0 Å². The number of nitrogens with zero attached hydrogens (tertiary/aromatic N) is 4. The Morgan fingerprint density at radius 2 is 2.40 bits per heavy atom. The number of hydrogen-bond acceptors (Lipinski definition) is 3. The zero-order valence-electron chi connectivity index (χ0n) is 5.99. The first-order chi connectivity index (χ1) is 4.92. The van der Waals surface area contributed by atoms with Crippen LogP contribution in [0.15, 0.2) is 0 Å². The van der Waals surface area contributed by atoms with Gasteiger partial charge in [0.1, 0.15) is 0 Å². The lowest BCUT2D eigenvalue weighted by Gasteiger charge is -1.95. The van der Waals surface area contributed by atoms with Gasteiger partial charge in [0.15, 0.2) is 5.82 Å². The highest BCUT2D eigenvalue weighted by Gasteiger charge is 2.28. The molecule has 1 heterocycles. The summed E-state index contributed by atoms with van der Waals surface area (Å²) in [5, 5.41) is 11.4. The zero-order chi connectivity index (χ0) is 6.97. The van der Waals surface area contributed by atoms with Gasteiger partial charge in [-0.1, -0.05) is 0 Å². The monoisotopic (exact) mass is 138 g/mol. The molecule has 0 saturated heterocycles. The maximum Gasteiger partial charge on any atom is 0.154 e. The van der Waals surface area contributed by atoms with E-state index in [9.17, 15) is 0 Å². The molecule has 1 saturated carbocycles. The zero-order valence-corrected chi connectivity index (χ0v) is 5.99. The molecule has 2 rings (SSSR count). The summed E-state index contributed by atoms with van der Waals surface area (Å²) in [6, 6.07) is 0. The van der Waals surface area contributed by atoms with E-state index in [1.54, 1.807) is 0 Å². The molecule has 4 nitrogen and oxygen atoms in total. The first kappa shape index (κ1) is 5.82. The molecule has 1 fully saturated rings. The molecule has 0 bridgehead atoms. The molecule has 1 aliphatic carbocycles. The van der Waals surface area contributed by atoms with Gasteiger partial charge in [0, 0.05) is 12.5 Å². The third-order valence-corrected chi connectivity index (χ3v) is 1.80. The molecule has 0 aromatic carbocycles. The van der Waals surface area contributed by atoms with Gasteiger partial charge in [-0.3, -0.25) is 0 Å². The fourth-order valence-corrected chi connectivity index (χ4v) is 1.07. The number of rotatable bonds is 2. The van der Waals surface area contributed by atoms with Crippen LogP contribution in [0.4, 0.5) is 0 Å². The minimum absolute atomic E-state index is 0.662. The highest BCUT2D eigenvalue weighted by Crippen LogP contribution is 2.38. The van der Waals surface area contributed by atoms with E-state index in [1.807, 2.05) is 4.68 Å². The van der Waals surface area contributed by atoms with E-state index in [0.717, 1.165) is 12.4 Å². The first-order valence-corrected chi connectivity index (χ1v) is 3.68. The van der Waals surface area contributed by atoms with E-state index in [0.29, 0.717) is 5.92 Å². The van der Waals surface area contributed by atoms with Gasteiger partial charge in [-0.25, -0.2) is 4.68 Å². The first-order valence-electron chi connectivity index (χ1n) is 3.68. The average molecular weight is 138 g/mol. The minimum Gasteiger partial charge on any atom is -0.230 e. The third-order valence-electron chi connectivity index (χ3n) is 1.80. The summed E-state index contributed by atoms with van der Waals surface area (Å²) >= 11 is 0. The summed E-state index contributed by atoms with van der Waals surface area (Å²) in [6.07, 6.45) is 2.53. The molecule has 1 aliphatic rings. The predicted molar refractivity (Wildman–Crippen MR) is 35.5 cm³/mol. The van der Waals surface area contributed by atoms with Gasteiger partial charge in [-0.2, -0.15) is 0 Å². The summed E-state index contributed by atoms with van der Waals surface area (Å²) in [6.45, 7) is 2.95. The van der Waals surface area contributed by atoms with Gasteiger partial charge in [-0.05, 0) is 30.2 Å². The molecule has 54 valence electrons. The Labute approximate surface area is 59.2 Å². The van der Waals surface area contributed by atoms with Crippen molar-refractivity contribution in [3.05, 3.63) is 5.82 Å². The minimum atomic E-state index is 0.662. The summed E-state index contributed by atoms with van der Waals surface area (Å²) in [5.74, 6) is 1.73. The number of tetrazole rings is 1. The van der Waals surface area contributed by atoms with E-state index in [1.165, 1.54) is 12.8 Å². The number of aromatic nitrogens is 4. The Hall–Kier alpha value is -0.930. The molecular weight excluding hydrogens is 128 g/mol. The van der Waals surface area contributed by atoms with Crippen molar-refractivity contribution in [2.45, 2.75) is 32.2 Å². The van der Waals surface area contributed by atoms with Gasteiger partial charge in [0.2, 0.25) is 0 Å². The molecule has 1 aromatic rings. The van der Waals surface area contributed by atoms with E-state index in [-0.39, 0.29) is 0 Å². The van der Waals surface area contributed by atoms with Gasteiger partial charge in [0.25, 0.3) is 0 Å². The Bertz CT molecular complexity index is 225. The van der Waals surface area contributed by atoms with Crippen LogP contribution < -0.4 is 0 Å². The summed E-state index contributed by atoms with van der Waals surface area (Å²) in [5.41, 5.74) is 0. The summed E-state index contributed by atoms with van der Waals surface area (Å²) in [4.78, 5) is 0. The SMILES string of the molecule is CCn1nnnc1C1CC1. The highest BCUT2D eigenvalue weighted by atomic mass is 15.5. The molecular formula is C6H10N4. The van der Waals surface area contributed by atoms with Gasteiger partial charge in [0.05, 0.1) is 0 Å². The van der Waals surface area contributed by atoms with Crippen molar-refractivity contribution in [2.75, 3.05) is 0 Å². The second kappa shape index (κ2) is 2.04. The van der Waals surface area contributed by atoms with Gasteiger partial charge < -0.3 is 0 Å². The van der Waals surface area contributed by atoms with Crippen molar-refractivity contribution in [1.82, 2.24) is 20.2 Å². The standard InChI is InChI=1S/C6H10N4/c1-2-10-6(5-3-4-5)7-8-9-10/h5H,2-4H2,1H3. The van der Waals surface area contributed by atoms with Crippen molar-refractivity contribution in [3.63, 3.8) is 0 Å². The van der Waals surface area contributed by atoms with Crippen LogP contribution in [0.25, 0.3) is 0 Å². The molecule has 0 radical (unpaired) electrons. The van der Waals surface area contributed by atoms with Gasteiger partial charge in [-0.15, -0.1) is 5.10 Å². The van der Waals surface area contributed by atoms with Crippen molar-refractivity contribution >= 4 is 0 Å². The van der Waals surface area contributed by atoms with Crippen LogP contribution in [0.1, 0.15) is 31.5 Å². The maximum absolute atomic E-state index is 3.95. The fourth-order valence-electron chi connectivity index (χ4n) is 1.07. The third kappa shape index (κ3) is 0.798. The lowest BCUT2D eigenvalue weighted by molar-refractivity contribution is 0.598. The lowest BCUT2D eigenvalue weighted by atomic mass is 10.4. The molecule has 0 spiro atoms. The molecule has 1 aromatic heterocycles. The Balaban J connectivity index is 2.28. The molecule has 10 heavy (non-hydrogen) atoms. The second-order valence-corrected chi connectivity index (χ2v) is 2.63. The molecule has 0 N–H and O–H groups in total. The summed E-state index contributed by atoms with van der Waals surface area (Å²) in [7, 11) is 0. The van der Waals surface area contributed by atoms with Crippen LogP contribution in [-0.4, -0.2) is 20.2 Å². The maximum atomic E-state index is 3.95. The largest absolute Gasteiger partial charge is 0.230 e. The van der Waals surface area contributed by atoms with Crippen LogP contribution in [0.2, 0.25) is 0 Å². The topological polar surface area (TPSA) is 43.6 Å². The molecule has 4 heteroatoms. The quantitative estimate of drug-likeness (QED) is 0.600. The van der Waals surface area contributed by atoms with Gasteiger partial charge >= 0.3 is 0 Å². The smallest absolute Gasteiger partial charge is 0.154 e. The molecule has 0 aliphatic heterocycles. The molecule has 0 unspecified atom stereocenters. The van der Waals surface area contributed by atoms with Crippen molar-refractivity contribution in [3.8, 4) is 0 Å². The van der Waals surface area contributed by atoms with E-state index < -0.39 is 0 Å². The van der Waals surface area contributed by atoms with Crippen molar-refractivity contribution < 1.29 is 0 Å². The van der Waals surface area contributed by atoms with E-state index in [4.69, 9.17) is 0 Å². The van der Waals surface area contributed by atoms with E-state index in [2.05, 4.69) is 22.4 Å². The fraction of sp³-hybridized carbons (Fsp3) is 0.833. The Morgan fingerprint density at radius 1 is 1.60 bits per heavy atom. The van der Waals surface area contributed by atoms with Crippen molar-refractivity contribution in [1.29, 1.82) is 0 Å². The van der Waals surface area contributed by atoms with Crippen LogP contribution in [0.3, 0.4) is 0 Å². The second-order valence-electron chi connectivity index (χ2n) is 2.63. The summed E-state index contributed by atoms with van der Waals surface area (Å²) < 4.78 is 1.87. The predicted octanol–water partition coefficient (Wildman–Crippen LogP) is 0.570. The lowest BCUT2D eigenvalue weighted by Crippen LogP contribution is -2.01. The molecule has 0 amide bonds. The number of aryl methyl sites for hydroxylation is 1. The van der Waals surface area contributed by atoms with Crippen molar-refractivity contribution in [2.24, 2.45) is 0 Å². The number of hydrogen-bond donors (Lipinski definition) is 0. The Morgan fingerprint density at radius 3 is 3.00 bits per heavy atom.